The second kappa shape index (κ2) is 5.43. The highest BCUT2D eigenvalue weighted by Gasteiger charge is 2.31. The third-order valence-corrected chi connectivity index (χ3v) is 3.24. The van der Waals surface area contributed by atoms with Crippen LogP contribution in [-0.2, 0) is 4.74 Å². The lowest BCUT2D eigenvalue weighted by Crippen LogP contribution is -2.48. The molecule has 0 aromatic heterocycles. The molecule has 88 valence electrons. The van der Waals surface area contributed by atoms with Crippen LogP contribution in [0.4, 0.5) is 0 Å². The summed E-state index contributed by atoms with van der Waals surface area (Å²) in [5.74, 6) is 0. The molecule has 0 amide bonds. The molecule has 1 saturated heterocycles. The van der Waals surface area contributed by atoms with Crippen LogP contribution in [0.15, 0.2) is 30.3 Å². The molecule has 1 aromatic carbocycles. The molecule has 0 saturated carbocycles. The molecule has 1 aromatic rings. The lowest BCUT2D eigenvalue weighted by molar-refractivity contribution is -0.0658. The maximum Gasteiger partial charge on any atom is 0.0894 e. The predicted molar refractivity (Wildman–Crippen MR) is 65.2 cm³/mol. The van der Waals surface area contributed by atoms with Crippen LogP contribution in [-0.4, -0.2) is 37.2 Å². The number of nitrogens with two attached hydrogens (primary N) is 1. The predicted octanol–water partition coefficient (Wildman–Crippen LogP) is 1.41. The fourth-order valence-electron chi connectivity index (χ4n) is 2.41. The number of benzene rings is 1. The molecule has 0 aliphatic carbocycles. The zero-order valence-electron chi connectivity index (χ0n) is 9.80. The summed E-state index contributed by atoms with van der Waals surface area (Å²) in [4.78, 5) is 2.44. The first-order chi connectivity index (χ1) is 7.86. The summed E-state index contributed by atoms with van der Waals surface area (Å²) < 4.78 is 5.76. The maximum atomic E-state index is 5.80. The summed E-state index contributed by atoms with van der Waals surface area (Å²) in [6.45, 7) is 5.59. The molecule has 1 heterocycles. The van der Waals surface area contributed by atoms with Gasteiger partial charge in [-0.15, -0.1) is 0 Å². The number of likely N-dealkylation sites (N-methyl/N-ethyl adjacent to an activating group) is 1. The molecule has 3 heteroatoms. The lowest BCUT2D eigenvalue weighted by atomic mass is 9.98. The third-order valence-electron chi connectivity index (χ3n) is 3.24. The van der Waals surface area contributed by atoms with Gasteiger partial charge in [0.05, 0.1) is 18.8 Å². The van der Waals surface area contributed by atoms with Gasteiger partial charge in [-0.1, -0.05) is 37.3 Å². The van der Waals surface area contributed by atoms with Gasteiger partial charge < -0.3 is 10.5 Å². The molecule has 16 heavy (non-hydrogen) atoms. The van der Waals surface area contributed by atoms with Crippen LogP contribution >= 0.6 is 0 Å². The number of ether oxygens (including phenoxy) is 1. The fraction of sp³-hybridized carbons (Fsp3) is 0.538. The van der Waals surface area contributed by atoms with Gasteiger partial charge in [-0.3, -0.25) is 4.90 Å². The van der Waals surface area contributed by atoms with Gasteiger partial charge in [0.15, 0.2) is 0 Å². The minimum Gasteiger partial charge on any atom is -0.374 e. The van der Waals surface area contributed by atoms with Gasteiger partial charge in [0.25, 0.3) is 0 Å². The molecule has 1 fully saturated rings. The van der Waals surface area contributed by atoms with E-state index in [1.807, 2.05) is 6.07 Å². The lowest BCUT2D eigenvalue weighted by Gasteiger charge is -2.40. The topological polar surface area (TPSA) is 38.5 Å². The Labute approximate surface area is 97.2 Å². The number of hydrogen-bond acceptors (Lipinski definition) is 3. The molecule has 2 atom stereocenters. The Morgan fingerprint density at radius 3 is 2.75 bits per heavy atom. The van der Waals surface area contributed by atoms with E-state index in [0.29, 0.717) is 12.6 Å². The molecule has 0 spiro atoms. The first kappa shape index (κ1) is 11.6. The largest absolute Gasteiger partial charge is 0.374 e. The Bertz CT molecular complexity index is 303. The maximum absolute atomic E-state index is 5.80. The Morgan fingerprint density at radius 2 is 2.12 bits per heavy atom. The molecule has 3 nitrogen and oxygen atoms in total. The van der Waals surface area contributed by atoms with Crippen molar-refractivity contribution in [3.63, 3.8) is 0 Å². The molecule has 0 bridgehead atoms. The zero-order valence-corrected chi connectivity index (χ0v) is 9.80. The summed E-state index contributed by atoms with van der Waals surface area (Å²) in [5.41, 5.74) is 7.10. The van der Waals surface area contributed by atoms with Crippen LogP contribution in [0.5, 0.6) is 0 Å². The Kier molecular flexibility index (Phi) is 3.93. The van der Waals surface area contributed by atoms with Gasteiger partial charge in [0.1, 0.15) is 0 Å². The summed E-state index contributed by atoms with van der Waals surface area (Å²) in [5, 5.41) is 0. The molecule has 2 rings (SSSR count). The van der Waals surface area contributed by atoms with E-state index in [1.54, 1.807) is 0 Å². The van der Waals surface area contributed by atoms with E-state index in [0.717, 1.165) is 19.7 Å². The fourth-order valence-corrected chi connectivity index (χ4v) is 2.41. The van der Waals surface area contributed by atoms with Crippen LogP contribution in [0.1, 0.15) is 18.5 Å². The summed E-state index contributed by atoms with van der Waals surface area (Å²) in [6, 6.07) is 10.8. The first-order valence-corrected chi connectivity index (χ1v) is 5.97. The molecule has 0 radical (unpaired) electrons. The van der Waals surface area contributed by atoms with Gasteiger partial charge in [-0.2, -0.15) is 0 Å². The van der Waals surface area contributed by atoms with Gasteiger partial charge in [-0.25, -0.2) is 0 Å². The first-order valence-electron chi connectivity index (χ1n) is 5.97. The van der Waals surface area contributed by atoms with E-state index in [-0.39, 0.29) is 6.10 Å². The summed E-state index contributed by atoms with van der Waals surface area (Å²) in [6.07, 6.45) is 0.121. The van der Waals surface area contributed by atoms with Crippen molar-refractivity contribution >= 4 is 0 Å². The Morgan fingerprint density at radius 1 is 1.38 bits per heavy atom. The van der Waals surface area contributed by atoms with E-state index >= 15 is 0 Å². The standard InChI is InChI=1S/C13H20N2O/c1-2-15-8-9-16-12(10-14)13(15)11-6-4-3-5-7-11/h3-7,12-13H,2,8-10,14H2,1H3/t12-,13+/m0/s1. The minimum atomic E-state index is 0.121. The van der Waals surface area contributed by atoms with Crippen LogP contribution in [0.25, 0.3) is 0 Å². The van der Waals surface area contributed by atoms with Gasteiger partial charge >= 0.3 is 0 Å². The molecule has 0 unspecified atom stereocenters. The van der Waals surface area contributed by atoms with Crippen molar-refractivity contribution in [2.45, 2.75) is 19.1 Å². The van der Waals surface area contributed by atoms with Crippen molar-refractivity contribution in [1.29, 1.82) is 0 Å². The van der Waals surface area contributed by atoms with E-state index in [1.165, 1.54) is 5.56 Å². The molecular weight excluding hydrogens is 200 g/mol. The Hall–Kier alpha value is -0.900. The average Bonchev–Trinajstić information content (AvgIpc) is 2.38. The highest BCUT2D eigenvalue weighted by atomic mass is 16.5. The average molecular weight is 220 g/mol. The highest BCUT2D eigenvalue weighted by molar-refractivity contribution is 5.21. The van der Waals surface area contributed by atoms with Gasteiger partial charge in [0, 0.05) is 13.1 Å². The number of nitrogens with zero attached hydrogens (tertiary/aromatic N) is 1. The second-order valence-corrected chi connectivity index (χ2v) is 4.13. The third kappa shape index (κ3) is 2.26. The van der Waals surface area contributed by atoms with Crippen LogP contribution < -0.4 is 5.73 Å². The molecule has 1 aliphatic rings. The van der Waals surface area contributed by atoms with Crippen molar-refractivity contribution in [3.05, 3.63) is 35.9 Å². The van der Waals surface area contributed by atoms with Gasteiger partial charge in [-0.05, 0) is 12.1 Å². The van der Waals surface area contributed by atoms with E-state index < -0.39 is 0 Å². The molecule has 2 N–H and O–H groups in total. The van der Waals surface area contributed by atoms with E-state index in [2.05, 4.69) is 36.1 Å². The van der Waals surface area contributed by atoms with E-state index in [4.69, 9.17) is 10.5 Å². The molecule has 1 aliphatic heterocycles. The van der Waals surface area contributed by atoms with Crippen molar-refractivity contribution in [2.24, 2.45) is 5.73 Å². The van der Waals surface area contributed by atoms with Crippen LogP contribution in [0.3, 0.4) is 0 Å². The zero-order chi connectivity index (χ0) is 11.4. The smallest absolute Gasteiger partial charge is 0.0894 e. The minimum absolute atomic E-state index is 0.121. The summed E-state index contributed by atoms with van der Waals surface area (Å²) >= 11 is 0. The van der Waals surface area contributed by atoms with E-state index in [9.17, 15) is 0 Å². The Balaban J connectivity index is 2.24. The number of morpholine rings is 1. The number of rotatable bonds is 3. The SMILES string of the molecule is CCN1CCO[C@@H](CN)[C@H]1c1ccccc1. The van der Waals surface area contributed by atoms with Crippen LogP contribution in [0.2, 0.25) is 0 Å². The quantitative estimate of drug-likeness (QED) is 0.837. The van der Waals surface area contributed by atoms with Crippen molar-refractivity contribution in [1.82, 2.24) is 4.90 Å². The summed E-state index contributed by atoms with van der Waals surface area (Å²) in [7, 11) is 0. The van der Waals surface area contributed by atoms with Gasteiger partial charge in [0.2, 0.25) is 0 Å². The van der Waals surface area contributed by atoms with Crippen LogP contribution in [0, 0.1) is 0 Å². The van der Waals surface area contributed by atoms with Crippen molar-refractivity contribution < 1.29 is 4.74 Å². The second-order valence-electron chi connectivity index (χ2n) is 4.13. The highest BCUT2D eigenvalue weighted by Crippen LogP contribution is 2.28. The normalized spacial score (nSPS) is 26.9. The van der Waals surface area contributed by atoms with Crippen molar-refractivity contribution in [2.75, 3.05) is 26.2 Å². The number of hydrogen-bond donors (Lipinski definition) is 1. The molecular formula is C13H20N2O. The van der Waals surface area contributed by atoms with Crippen molar-refractivity contribution in [3.8, 4) is 0 Å². The monoisotopic (exact) mass is 220 g/mol.